The number of halogens is 2. The molecule has 0 spiro atoms. The molecule has 0 saturated carbocycles. The summed E-state index contributed by atoms with van der Waals surface area (Å²) >= 11 is 6.37. The molecule has 0 fully saturated rings. The van der Waals surface area contributed by atoms with Gasteiger partial charge in [-0.2, -0.15) is 4.39 Å². The first-order valence-corrected chi connectivity index (χ1v) is 9.37. The number of methoxy groups -OCH3 is 1. The molecule has 4 aromatic rings. The zero-order valence-electron chi connectivity index (χ0n) is 16.2. The summed E-state index contributed by atoms with van der Waals surface area (Å²) in [4.78, 5) is 19.6. The Bertz CT molecular complexity index is 1160. The van der Waals surface area contributed by atoms with Crippen molar-refractivity contribution in [1.29, 1.82) is 0 Å². The summed E-state index contributed by atoms with van der Waals surface area (Å²) in [5.74, 6) is 1.06. The van der Waals surface area contributed by atoms with Gasteiger partial charge < -0.3 is 14.5 Å². The van der Waals surface area contributed by atoms with E-state index in [1.165, 1.54) is 12.3 Å². The highest BCUT2D eigenvalue weighted by atomic mass is 35.5. The monoisotopic (exact) mass is 425 g/mol. The van der Waals surface area contributed by atoms with Crippen LogP contribution in [-0.4, -0.2) is 32.0 Å². The van der Waals surface area contributed by atoms with Crippen LogP contribution in [0.25, 0.3) is 22.6 Å². The number of hydrogen-bond acceptors (Lipinski definition) is 6. The van der Waals surface area contributed by atoms with Crippen molar-refractivity contribution in [2.24, 2.45) is 0 Å². The van der Waals surface area contributed by atoms with E-state index in [1.54, 1.807) is 37.7 Å². The van der Waals surface area contributed by atoms with Crippen LogP contribution in [0.2, 0.25) is 5.15 Å². The molecule has 152 valence electrons. The molecule has 0 atom stereocenters. The second-order valence-electron chi connectivity index (χ2n) is 6.42. The maximum atomic E-state index is 13.1. The molecule has 1 aromatic carbocycles. The normalized spacial score (nSPS) is 10.8. The predicted octanol–water partition coefficient (Wildman–Crippen LogP) is 4.62. The predicted molar refractivity (Wildman–Crippen MR) is 110 cm³/mol. The molecule has 0 unspecified atom stereocenters. The number of ether oxygens (including phenoxy) is 2. The molecule has 0 amide bonds. The summed E-state index contributed by atoms with van der Waals surface area (Å²) in [6.07, 6.45) is 4.75. The average molecular weight is 426 g/mol. The molecule has 0 aliphatic heterocycles. The van der Waals surface area contributed by atoms with Crippen LogP contribution < -0.4 is 9.47 Å². The van der Waals surface area contributed by atoms with Gasteiger partial charge in [-0.3, -0.25) is 9.97 Å². The molecule has 9 heteroatoms. The summed E-state index contributed by atoms with van der Waals surface area (Å²) in [6.45, 7) is 2.15. The van der Waals surface area contributed by atoms with E-state index in [2.05, 4.69) is 24.9 Å². The van der Waals surface area contributed by atoms with E-state index in [4.69, 9.17) is 21.1 Å². The lowest BCUT2D eigenvalue weighted by Gasteiger charge is -2.11. The second-order valence-corrected chi connectivity index (χ2v) is 6.80. The number of pyridine rings is 1. The van der Waals surface area contributed by atoms with E-state index < -0.39 is 5.95 Å². The number of aryl methyl sites for hydroxylation is 1. The zero-order chi connectivity index (χ0) is 21.1. The van der Waals surface area contributed by atoms with Gasteiger partial charge in [0.25, 0.3) is 0 Å². The zero-order valence-corrected chi connectivity index (χ0v) is 16.9. The van der Waals surface area contributed by atoms with Crippen LogP contribution >= 0.6 is 11.6 Å². The fourth-order valence-corrected chi connectivity index (χ4v) is 3.02. The first-order valence-electron chi connectivity index (χ1n) is 8.99. The third-order valence-electron chi connectivity index (χ3n) is 4.31. The first-order chi connectivity index (χ1) is 14.5. The Labute approximate surface area is 176 Å². The van der Waals surface area contributed by atoms with Crippen LogP contribution in [0, 0.1) is 12.9 Å². The number of hydrogen-bond donors (Lipinski definition) is 1. The quantitative estimate of drug-likeness (QED) is 0.454. The van der Waals surface area contributed by atoms with Crippen molar-refractivity contribution in [1.82, 2.24) is 24.9 Å². The highest BCUT2D eigenvalue weighted by Gasteiger charge is 2.17. The van der Waals surface area contributed by atoms with Crippen molar-refractivity contribution < 1.29 is 13.9 Å². The van der Waals surface area contributed by atoms with Crippen molar-refractivity contribution in [3.8, 4) is 34.1 Å². The van der Waals surface area contributed by atoms with Crippen molar-refractivity contribution in [3.63, 3.8) is 0 Å². The summed E-state index contributed by atoms with van der Waals surface area (Å²) in [7, 11) is 1.55. The molecule has 0 radical (unpaired) electrons. The Hall–Kier alpha value is -3.52. The first kappa shape index (κ1) is 19.8. The van der Waals surface area contributed by atoms with Gasteiger partial charge in [-0.05, 0) is 31.2 Å². The molecule has 0 aliphatic rings. The topological polar surface area (TPSA) is 85.8 Å². The maximum Gasteiger partial charge on any atom is 0.212 e. The van der Waals surface area contributed by atoms with Gasteiger partial charge in [-0.1, -0.05) is 11.6 Å². The van der Waals surface area contributed by atoms with E-state index in [-0.39, 0.29) is 6.61 Å². The standard InChI is InChI=1S/C21H17ClFN5O2/c1-12-8-25-14(10-24-12)11-30-15-4-5-16(17(7-15)29-2)19-20(22)28-21(27-19)13-3-6-18(23)26-9-13/h3-10H,11H2,1-2H3,(H,27,28). The number of nitrogens with one attached hydrogen (secondary N) is 1. The Morgan fingerprint density at radius 3 is 2.63 bits per heavy atom. The molecule has 3 heterocycles. The molecule has 3 aromatic heterocycles. The highest BCUT2D eigenvalue weighted by Crippen LogP contribution is 2.37. The molecule has 0 saturated heterocycles. The highest BCUT2D eigenvalue weighted by molar-refractivity contribution is 6.32. The summed E-state index contributed by atoms with van der Waals surface area (Å²) in [5.41, 5.74) is 3.36. The Kier molecular flexibility index (Phi) is 5.58. The molecule has 1 N–H and O–H groups in total. The number of benzene rings is 1. The lowest BCUT2D eigenvalue weighted by Crippen LogP contribution is -2.00. The molecular formula is C21H17ClFN5O2. The fraction of sp³-hybridized carbons (Fsp3) is 0.143. The van der Waals surface area contributed by atoms with Gasteiger partial charge >= 0.3 is 0 Å². The summed E-state index contributed by atoms with van der Waals surface area (Å²) in [5, 5.41) is 0.330. The lowest BCUT2D eigenvalue weighted by molar-refractivity contribution is 0.298. The van der Waals surface area contributed by atoms with Gasteiger partial charge in [-0.15, -0.1) is 0 Å². The second kappa shape index (κ2) is 8.46. The largest absolute Gasteiger partial charge is 0.496 e. The van der Waals surface area contributed by atoms with Crippen molar-refractivity contribution in [3.05, 3.63) is 71.4 Å². The van der Waals surface area contributed by atoms with E-state index >= 15 is 0 Å². The Morgan fingerprint density at radius 2 is 1.93 bits per heavy atom. The average Bonchev–Trinajstić information content (AvgIpc) is 3.15. The van der Waals surface area contributed by atoms with Gasteiger partial charge in [-0.25, -0.2) is 9.97 Å². The van der Waals surface area contributed by atoms with E-state index in [1.807, 2.05) is 13.0 Å². The fourth-order valence-electron chi connectivity index (χ4n) is 2.79. The van der Waals surface area contributed by atoms with Crippen LogP contribution in [-0.2, 0) is 6.61 Å². The number of nitrogens with zero attached hydrogens (tertiary/aromatic N) is 4. The number of H-pyrrole nitrogens is 1. The smallest absolute Gasteiger partial charge is 0.212 e. The minimum atomic E-state index is -0.564. The Balaban J connectivity index is 1.58. The van der Waals surface area contributed by atoms with Crippen LogP contribution in [0.1, 0.15) is 11.4 Å². The van der Waals surface area contributed by atoms with E-state index in [9.17, 15) is 4.39 Å². The lowest BCUT2D eigenvalue weighted by atomic mass is 10.1. The third kappa shape index (κ3) is 4.23. The number of aromatic amines is 1. The number of rotatable bonds is 6. The summed E-state index contributed by atoms with van der Waals surface area (Å²) < 4.78 is 24.4. The van der Waals surface area contributed by atoms with Gasteiger partial charge in [0.1, 0.15) is 34.8 Å². The maximum absolute atomic E-state index is 13.1. The number of aromatic nitrogens is 5. The van der Waals surface area contributed by atoms with Crippen LogP contribution in [0.3, 0.4) is 0 Å². The van der Waals surface area contributed by atoms with Gasteiger partial charge in [0.05, 0.1) is 24.7 Å². The van der Waals surface area contributed by atoms with E-state index in [0.29, 0.717) is 39.3 Å². The molecule has 30 heavy (non-hydrogen) atoms. The minimum Gasteiger partial charge on any atom is -0.496 e. The third-order valence-corrected chi connectivity index (χ3v) is 4.58. The molecular weight excluding hydrogens is 409 g/mol. The molecule has 0 bridgehead atoms. The molecule has 0 aliphatic carbocycles. The van der Waals surface area contributed by atoms with Crippen LogP contribution in [0.4, 0.5) is 4.39 Å². The van der Waals surface area contributed by atoms with Crippen LogP contribution in [0.5, 0.6) is 11.5 Å². The van der Waals surface area contributed by atoms with Gasteiger partial charge in [0, 0.05) is 29.6 Å². The van der Waals surface area contributed by atoms with Gasteiger partial charge in [0.15, 0.2) is 0 Å². The Morgan fingerprint density at radius 1 is 1.07 bits per heavy atom. The molecule has 7 nitrogen and oxygen atoms in total. The number of imidazole rings is 1. The van der Waals surface area contributed by atoms with E-state index in [0.717, 1.165) is 11.4 Å². The van der Waals surface area contributed by atoms with Crippen molar-refractivity contribution in [2.75, 3.05) is 7.11 Å². The minimum absolute atomic E-state index is 0.278. The van der Waals surface area contributed by atoms with Crippen LogP contribution in [0.15, 0.2) is 48.9 Å². The van der Waals surface area contributed by atoms with Crippen molar-refractivity contribution in [2.45, 2.75) is 13.5 Å². The summed E-state index contributed by atoms with van der Waals surface area (Å²) in [6, 6.07) is 8.19. The van der Waals surface area contributed by atoms with Gasteiger partial charge in [0.2, 0.25) is 5.95 Å². The van der Waals surface area contributed by atoms with Crippen molar-refractivity contribution >= 4 is 11.6 Å². The molecule has 4 rings (SSSR count). The SMILES string of the molecule is COc1cc(OCc2cnc(C)cn2)ccc1-c1nc(-c2ccc(F)nc2)[nH]c1Cl.